The summed E-state index contributed by atoms with van der Waals surface area (Å²) in [5.41, 5.74) is 16.4. The molecule has 3 unspecified atom stereocenters. The first-order chi connectivity index (χ1) is 14.3. The molecule has 12 nitrogen and oxygen atoms in total. The Kier molecular flexibility index (Phi) is 12.9. The van der Waals surface area contributed by atoms with Crippen LogP contribution < -0.4 is 33.2 Å². The second kappa shape index (κ2) is 14.2. The van der Waals surface area contributed by atoms with Crippen molar-refractivity contribution in [1.29, 1.82) is 0 Å². The Morgan fingerprint density at radius 2 is 1.58 bits per heavy atom. The molecule has 0 saturated heterocycles. The molecule has 3 atom stereocenters. The number of guanidine groups is 1. The first-order valence-corrected chi connectivity index (χ1v) is 10.3. The van der Waals surface area contributed by atoms with Gasteiger partial charge in [0.1, 0.15) is 12.1 Å². The summed E-state index contributed by atoms with van der Waals surface area (Å²) in [5.74, 6) is -3.05. The van der Waals surface area contributed by atoms with E-state index >= 15 is 0 Å². The standard InChI is InChI=1S/C19H37N7O5/c1-10(2)8-13(18(30)31)25-14(27)9-24-16(28)12(6-5-7-23-19(21)22)26-17(29)15(20)11(3)4/h10-13,15H,5-9,20H2,1-4H3,(H,24,28)(H,25,27)(H,26,29)(H,30,31)(H4,21,22,23). The third-order valence-corrected chi connectivity index (χ3v) is 4.36. The lowest BCUT2D eigenvalue weighted by atomic mass is 10.0. The number of hydrogen-bond acceptors (Lipinski definition) is 6. The van der Waals surface area contributed by atoms with E-state index in [2.05, 4.69) is 20.9 Å². The number of rotatable bonds is 14. The molecule has 0 aromatic rings. The minimum Gasteiger partial charge on any atom is -0.480 e. The van der Waals surface area contributed by atoms with Crippen LogP contribution in [0.25, 0.3) is 0 Å². The van der Waals surface area contributed by atoms with Gasteiger partial charge in [-0.05, 0) is 31.1 Å². The van der Waals surface area contributed by atoms with Crippen LogP contribution in [0.1, 0.15) is 47.0 Å². The van der Waals surface area contributed by atoms with Gasteiger partial charge in [0, 0.05) is 6.54 Å². The van der Waals surface area contributed by atoms with Gasteiger partial charge < -0.3 is 38.3 Å². The Bertz CT molecular complexity index is 648. The van der Waals surface area contributed by atoms with Crippen molar-refractivity contribution in [2.45, 2.75) is 65.1 Å². The van der Waals surface area contributed by atoms with Crippen molar-refractivity contribution in [3.05, 3.63) is 0 Å². The second-order valence-corrected chi connectivity index (χ2v) is 8.09. The van der Waals surface area contributed by atoms with Crippen molar-refractivity contribution in [3.8, 4) is 0 Å². The van der Waals surface area contributed by atoms with Gasteiger partial charge in [-0.15, -0.1) is 0 Å². The van der Waals surface area contributed by atoms with Crippen LogP contribution in [-0.2, 0) is 19.2 Å². The van der Waals surface area contributed by atoms with Crippen LogP contribution in [0.15, 0.2) is 4.99 Å². The number of aliphatic carboxylic acids is 1. The van der Waals surface area contributed by atoms with Crippen molar-refractivity contribution >= 4 is 29.7 Å². The molecular weight excluding hydrogens is 406 g/mol. The van der Waals surface area contributed by atoms with E-state index in [1.165, 1.54) is 0 Å². The van der Waals surface area contributed by atoms with Gasteiger partial charge in [0.2, 0.25) is 17.7 Å². The SMILES string of the molecule is CC(C)CC(NC(=O)CNC(=O)C(CCCN=C(N)N)NC(=O)C(N)C(C)C)C(=O)O. The topological polar surface area (TPSA) is 215 Å². The van der Waals surface area contributed by atoms with Crippen LogP contribution in [0.2, 0.25) is 0 Å². The van der Waals surface area contributed by atoms with Crippen molar-refractivity contribution in [1.82, 2.24) is 16.0 Å². The zero-order chi connectivity index (χ0) is 24.1. The summed E-state index contributed by atoms with van der Waals surface area (Å²) < 4.78 is 0. The number of nitrogens with two attached hydrogens (primary N) is 3. The lowest BCUT2D eigenvalue weighted by Gasteiger charge is -2.22. The Hall–Kier alpha value is -2.89. The van der Waals surface area contributed by atoms with Gasteiger partial charge in [0.15, 0.2) is 5.96 Å². The van der Waals surface area contributed by atoms with E-state index in [0.717, 1.165) is 0 Å². The first kappa shape index (κ1) is 28.1. The number of carbonyl (C=O) groups excluding carboxylic acids is 3. The zero-order valence-corrected chi connectivity index (χ0v) is 18.7. The van der Waals surface area contributed by atoms with Crippen LogP contribution in [0.5, 0.6) is 0 Å². The summed E-state index contributed by atoms with van der Waals surface area (Å²) in [7, 11) is 0. The number of carboxylic acid groups (broad SMARTS) is 1. The van der Waals surface area contributed by atoms with Crippen LogP contribution in [0.4, 0.5) is 0 Å². The molecule has 0 radical (unpaired) electrons. The average molecular weight is 444 g/mol. The molecule has 0 fully saturated rings. The van der Waals surface area contributed by atoms with Crippen molar-refractivity contribution < 1.29 is 24.3 Å². The van der Waals surface area contributed by atoms with Crippen molar-refractivity contribution in [2.75, 3.05) is 13.1 Å². The number of carbonyl (C=O) groups is 4. The predicted molar refractivity (Wildman–Crippen MR) is 117 cm³/mol. The van der Waals surface area contributed by atoms with Crippen molar-refractivity contribution in [2.24, 2.45) is 34.0 Å². The van der Waals surface area contributed by atoms with Gasteiger partial charge in [0.25, 0.3) is 0 Å². The monoisotopic (exact) mass is 443 g/mol. The van der Waals surface area contributed by atoms with Gasteiger partial charge in [-0.2, -0.15) is 0 Å². The van der Waals surface area contributed by atoms with Gasteiger partial charge in [-0.3, -0.25) is 19.4 Å². The predicted octanol–water partition coefficient (Wildman–Crippen LogP) is -1.76. The third kappa shape index (κ3) is 12.4. The fourth-order valence-electron chi connectivity index (χ4n) is 2.57. The fourth-order valence-corrected chi connectivity index (χ4v) is 2.57. The molecule has 0 aliphatic rings. The maximum Gasteiger partial charge on any atom is 0.326 e. The molecule has 0 aliphatic carbocycles. The molecule has 3 amide bonds. The van der Waals surface area contributed by atoms with E-state index in [-0.39, 0.29) is 37.2 Å². The lowest BCUT2D eigenvalue weighted by Crippen LogP contribution is -2.54. The number of amides is 3. The minimum absolute atomic E-state index is 0.0611. The van der Waals surface area contributed by atoms with Crippen LogP contribution >= 0.6 is 0 Å². The Morgan fingerprint density at radius 3 is 2.06 bits per heavy atom. The Morgan fingerprint density at radius 1 is 0.968 bits per heavy atom. The van der Waals surface area contributed by atoms with Crippen LogP contribution in [0.3, 0.4) is 0 Å². The van der Waals surface area contributed by atoms with E-state index in [1.54, 1.807) is 13.8 Å². The van der Waals surface area contributed by atoms with Crippen LogP contribution in [0, 0.1) is 11.8 Å². The highest BCUT2D eigenvalue weighted by molar-refractivity contribution is 5.92. The van der Waals surface area contributed by atoms with E-state index in [0.29, 0.717) is 6.42 Å². The summed E-state index contributed by atoms with van der Waals surface area (Å²) in [6.07, 6.45) is 0.867. The number of nitrogens with one attached hydrogen (secondary N) is 3. The number of carboxylic acids is 1. The fraction of sp³-hybridized carbons (Fsp3) is 0.737. The molecule has 12 heteroatoms. The lowest BCUT2D eigenvalue weighted by molar-refractivity contribution is -0.142. The molecule has 0 spiro atoms. The van der Waals surface area contributed by atoms with E-state index in [1.807, 2.05) is 13.8 Å². The summed E-state index contributed by atoms with van der Waals surface area (Å²) in [6.45, 7) is 7.05. The molecule has 10 N–H and O–H groups in total. The summed E-state index contributed by atoms with van der Waals surface area (Å²) >= 11 is 0. The smallest absolute Gasteiger partial charge is 0.326 e. The first-order valence-electron chi connectivity index (χ1n) is 10.3. The second-order valence-electron chi connectivity index (χ2n) is 8.09. The Labute approximate surface area is 182 Å². The van der Waals surface area contributed by atoms with Crippen LogP contribution in [-0.4, -0.2) is 66.0 Å². The average Bonchev–Trinajstić information content (AvgIpc) is 2.66. The molecule has 0 aliphatic heterocycles. The van der Waals surface area contributed by atoms with E-state index in [4.69, 9.17) is 17.2 Å². The maximum absolute atomic E-state index is 12.6. The number of hydrogen-bond donors (Lipinski definition) is 7. The molecule has 0 aromatic carbocycles. The quantitative estimate of drug-likeness (QED) is 0.0924. The molecule has 0 aromatic heterocycles. The highest BCUT2D eigenvalue weighted by Crippen LogP contribution is 2.05. The zero-order valence-electron chi connectivity index (χ0n) is 18.7. The van der Waals surface area contributed by atoms with Gasteiger partial charge in [-0.25, -0.2) is 4.79 Å². The molecule has 0 saturated carbocycles. The van der Waals surface area contributed by atoms with E-state index in [9.17, 15) is 24.3 Å². The number of aliphatic imine (C=N–C) groups is 1. The third-order valence-electron chi connectivity index (χ3n) is 4.36. The highest BCUT2D eigenvalue weighted by Gasteiger charge is 2.26. The summed E-state index contributed by atoms with van der Waals surface area (Å²) in [4.78, 5) is 52.0. The minimum atomic E-state index is -1.15. The molecule has 31 heavy (non-hydrogen) atoms. The molecule has 0 bridgehead atoms. The van der Waals surface area contributed by atoms with Gasteiger partial charge >= 0.3 is 5.97 Å². The molecule has 178 valence electrons. The van der Waals surface area contributed by atoms with Gasteiger partial charge in [-0.1, -0.05) is 27.7 Å². The summed E-state index contributed by atoms with van der Waals surface area (Å²) in [5, 5.41) is 16.6. The molecule has 0 heterocycles. The molecular formula is C19H37N7O5. The number of nitrogens with zero attached hydrogens (tertiary/aromatic N) is 1. The van der Waals surface area contributed by atoms with Gasteiger partial charge in [0.05, 0.1) is 12.6 Å². The van der Waals surface area contributed by atoms with Crippen molar-refractivity contribution in [3.63, 3.8) is 0 Å². The normalized spacial score (nSPS) is 13.8. The largest absolute Gasteiger partial charge is 0.480 e. The van der Waals surface area contributed by atoms with E-state index < -0.39 is 48.4 Å². The summed E-state index contributed by atoms with van der Waals surface area (Å²) in [6, 6.07) is -2.81. The Balaban J connectivity index is 4.96. The highest BCUT2D eigenvalue weighted by atomic mass is 16.4. The maximum atomic E-state index is 12.6. The molecule has 0 rings (SSSR count).